The van der Waals surface area contributed by atoms with Crippen molar-refractivity contribution >= 4 is 17.9 Å². The standard InChI is InChI=1S/C26H49NOS/c1-7-8-9-10-11-12-13-14-15-16-17-18-21(2)24(28)27-23-19-22(3)25(4,5)26(23,6)20-29-27/h21-23H,7-20H2,1-6H3. The minimum Gasteiger partial charge on any atom is -0.282 e. The first kappa shape index (κ1) is 25.1. The van der Waals surface area contributed by atoms with Gasteiger partial charge in [0, 0.05) is 17.1 Å². The van der Waals surface area contributed by atoms with E-state index in [1.165, 1.54) is 77.0 Å². The number of carbonyl (C=O) groups excluding carboxylic acids is 1. The summed E-state index contributed by atoms with van der Waals surface area (Å²) in [5.74, 6) is 2.38. The Morgan fingerprint density at radius 1 is 0.966 bits per heavy atom. The summed E-state index contributed by atoms with van der Waals surface area (Å²) in [5, 5.41) is 0. The van der Waals surface area contributed by atoms with Gasteiger partial charge >= 0.3 is 0 Å². The molecule has 0 spiro atoms. The average molecular weight is 424 g/mol. The third kappa shape index (κ3) is 5.95. The van der Waals surface area contributed by atoms with Crippen LogP contribution >= 0.6 is 11.9 Å². The van der Waals surface area contributed by atoms with E-state index in [1.807, 2.05) is 11.9 Å². The van der Waals surface area contributed by atoms with Crippen LogP contribution in [-0.4, -0.2) is 22.0 Å². The van der Waals surface area contributed by atoms with Crippen LogP contribution in [0.5, 0.6) is 0 Å². The number of hydrogen-bond acceptors (Lipinski definition) is 2. The second kappa shape index (κ2) is 11.4. The molecule has 4 atom stereocenters. The number of carbonyl (C=O) groups is 1. The Kier molecular flexibility index (Phi) is 9.90. The largest absolute Gasteiger partial charge is 0.282 e. The Labute approximate surface area is 186 Å². The highest BCUT2D eigenvalue weighted by Gasteiger charge is 2.61. The molecule has 0 aromatic rings. The van der Waals surface area contributed by atoms with Crippen molar-refractivity contribution in [3.8, 4) is 0 Å². The van der Waals surface area contributed by atoms with Crippen LogP contribution in [0, 0.1) is 22.7 Å². The van der Waals surface area contributed by atoms with Crippen LogP contribution in [0.1, 0.15) is 125 Å². The van der Waals surface area contributed by atoms with Crippen LogP contribution < -0.4 is 0 Å². The molecule has 1 heterocycles. The van der Waals surface area contributed by atoms with Gasteiger partial charge in [0.1, 0.15) is 0 Å². The fourth-order valence-electron chi connectivity index (χ4n) is 5.48. The van der Waals surface area contributed by atoms with E-state index >= 15 is 0 Å². The molecule has 0 aromatic carbocycles. The highest BCUT2D eigenvalue weighted by molar-refractivity contribution is 7.97. The molecule has 3 heteroatoms. The Bertz CT molecular complexity index is 505. The first-order chi connectivity index (χ1) is 13.8. The summed E-state index contributed by atoms with van der Waals surface area (Å²) in [6.45, 7) is 14.1. The summed E-state index contributed by atoms with van der Waals surface area (Å²) in [5.41, 5.74) is 0.585. The third-order valence-electron chi connectivity index (χ3n) is 8.68. The van der Waals surface area contributed by atoms with Crippen LogP contribution in [0.3, 0.4) is 0 Å². The van der Waals surface area contributed by atoms with Gasteiger partial charge in [0.2, 0.25) is 5.91 Å². The molecule has 170 valence electrons. The molecular formula is C26H49NOS. The number of fused-ring (bicyclic) bond motifs is 1. The van der Waals surface area contributed by atoms with Gasteiger partial charge in [-0.3, -0.25) is 9.10 Å². The normalized spacial score (nSPS) is 29.2. The van der Waals surface area contributed by atoms with Crippen LogP contribution in [0.2, 0.25) is 0 Å². The molecule has 1 saturated heterocycles. The van der Waals surface area contributed by atoms with Crippen molar-refractivity contribution in [2.45, 2.75) is 131 Å². The summed E-state index contributed by atoms with van der Waals surface area (Å²) in [6, 6.07) is 0.435. The molecule has 2 aliphatic rings. The Hall–Kier alpha value is -0.180. The van der Waals surface area contributed by atoms with E-state index in [4.69, 9.17) is 0 Å². The van der Waals surface area contributed by atoms with E-state index in [1.54, 1.807) is 0 Å². The molecular weight excluding hydrogens is 374 g/mol. The summed E-state index contributed by atoms with van der Waals surface area (Å²) >= 11 is 1.82. The van der Waals surface area contributed by atoms with Crippen molar-refractivity contribution in [3.63, 3.8) is 0 Å². The highest BCUT2D eigenvalue weighted by atomic mass is 32.2. The number of unbranched alkanes of at least 4 members (excludes halogenated alkanes) is 10. The van der Waals surface area contributed by atoms with E-state index in [9.17, 15) is 4.79 Å². The predicted molar refractivity (Wildman–Crippen MR) is 129 cm³/mol. The fraction of sp³-hybridized carbons (Fsp3) is 0.962. The van der Waals surface area contributed by atoms with Crippen molar-refractivity contribution in [2.24, 2.45) is 22.7 Å². The molecule has 0 aromatic heterocycles. The Morgan fingerprint density at radius 2 is 1.48 bits per heavy atom. The minimum atomic E-state index is 0.183. The van der Waals surface area contributed by atoms with Crippen LogP contribution in [0.15, 0.2) is 0 Å². The lowest BCUT2D eigenvalue weighted by molar-refractivity contribution is -0.132. The van der Waals surface area contributed by atoms with E-state index in [2.05, 4.69) is 45.8 Å². The molecule has 2 fully saturated rings. The van der Waals surface area contributed by atoms with Crippen LogP contribution in [-0.2, 0) is 4.79 Å². The summed E-state index contributed by atoms with van der Waals surface area (Å²) in [7, 11) is 0. The maximum atomic E-state index is 13.2. The van der Waals surface area contributed by atoms with Gasteiger partial charge in [-0.05, 0) is 36.1 Å². The number of hydrogen-bond donors (Lipinski definition) is 0. The molecule has 1 saturated carbocycles. The zero-order valence-electron chi connectivity index (χ0n) is 20.4. The second-order valence-corrected chi connectivity index (χ2v) is 11.9. The fourth-order valence-corrected chi connectivity index (χ4v) is 7.26. The lowest BCUT2D eigenvalue weighted by Gasteiger charge is -2.40. The van der Waals surface area contributed by atoms with Gasteiger partial charge in [0.05, 0.1) is 6.04 Å². The smallest absolute Gasteiger partial charge is 0.235 e. The van der Waals surface area contributed by atoms with Gasteiger partial charge in [-0.2, -0.15) is 0 Å². The van der Waals surface area contributed by atoms with E-state index in [0.717, 1.165) is 12.2 Å². The quantitative estimate of drug-likeness (QED) is 0.219. The number of nitrogens with zero attached hydrogens (tertiary/aromatic N) is 1. The second-order valence-electron chi connectivity index (χ2n) is 11.0. The minimum absolute atomic E-state index is 0.183. The lowest BCUT2D eigenvalue weighted by Crippen LogP contribution is -2.43. The van der Waals surface area contributed by atoms with Gasteiger partial charge in [0.15, 0.2) is 0 Å². The van der Waals surface area contributed by atoms with Crippen LogP contribution in [0.25, 0.3) is 0 Å². The molecule has 0 bridgehead atoms. The molecule has 0 N–H and O–H groups in total. The molecule has 0 radical (unpaired) electrons. The molecule has 1 amide bonds. The lowest BCUT2D eigenvalue weighted by atomic mass is 9.66. The van der Waals surface area contributed by atoms with Gasteiger partial charge in [-0.15, -0.1) is 0 Å². The molecule has 1 aliphatic carbocycles. The van der Waals surface area contributed by atoms with Gasteiger partial charge in [0.25, 0.3) is 0 Å². The zero-order chi connectivity index (χ0) is 21.5. The zero-order valence-corrected chi connectivity index (χ0v) is 21.2. The van der Waals surface area contributed by atoms with Gasteiger partial charge in [-0.1, -0.05) is 112 Å². The Balaban J connectivity index is 1.60. The van der Waals surface area contributed by atoms with E-state index in [0.29, 0.717) is 23.3 Å². The average Bonchev–Trinajstić information content (AvgIpc) is 3.10. The summed E-state index contributed by atoms with van der Waals surface area (Å²) in [4.78, 5) is 13.2. The molecule has 4 unspecified atom stereocenters. The number of rotatable bonds is 13. The van der Waals surface area contributed by atoms with Crippen molar-refractivity contribution in [2.75, 3.05) is 5.75 Å². The molecule has 2 rings (SSSR count). The molecule has 2 nitrogen and oxygen atoms in total. The van der Waals surface area contributed by atoms with Crippen molar-refractivity contribution < 1.29 is 4.79 Å². The summed E-state index contributed by atoms with van der Waals surface area (Å²) < 4.78 is 2.20. The van der Waals surface area contributed by atoms with E-state index in [-0.39, 0.29) is 11.3 Å². The highest BCUT2D eigenvalue weighted by Crippen LogP contribution is 2.63. The topological polar surface area (TPSA) is 20.3 Å². The van der Waals surface area contributed by atoms with Crippen LogP contribution in [0.4, 0.5) is 0 Å². The van der Waals surface area contributed by atoms with Gasteiger partial charge in [-0.25, -0.2) is 0 Å². The van der Waals surface area contributed by atoms with Crippen molar-refractivity contribution in [1.82, 2.24) is 4.31 Å². The SMILES string of the molecule is CCCCCCCCCCCCCC(C)C(=O)N1SCC2(C)C1CC(C)C2(C)C. The molecule has 29 heavy (non-hydrogen) atoms. The van der Waals surface area contributed by atoms with Gasteiger partial charge < -0.3 is 0 Å². The molecule has 1 aliphatic heterocycles. The maximum Gasteiger partial charge on any atom is 0.235 e. The third-order valence-corrected chi connectivity index (χ3v) is 10.1. The first-order valence-corrected chi connectivity index (χ1v) is 13.7. The van der Waals surface area contributed by atoms with Crippen molar-refractivity contribution in [1.29, 1.82) is 0 Å². The summed E-state index contributed by atoms with van der Waals surface area (Å²) in [6.07, 6.45) is 17.3. The first-order valence-electron chi connectivity index (χ1n) is 12.7. The van der Waals surface area contributed by atoms with Crippen molar-refractivity contribution in [3.05, 3.63) is 0 Å². The monoisotopic (exact) mass is 423 g/mol. The maximum absolute atomic E-state index is 13.2. The van der Waals surface area contributed by atoms with E-state index < -0.39 is 0 Å². The predicted octanol–water partition coefficient (Wildman–Crippen LogP) is 8.25. The Morgan fingerprint density at radius 3 is 2.03 bits per heavy atom. The number of amides is 1.